The third-order valence-electron chi connectivity index (χ3n) is 2.64. The van der Waals surface area contributed by atoms with E-state index < -0.39 is 5.91 Å². The van der Waals surface area contributed by atoms with E-state index in [2.05, 4.69) is 15.5 Å². The number of nitriles is 1. The highest BCUT2D eigenvalue weighted by molar-refractivity contribution is 6.30. The first-order valence-corrected chi connectivity index (χ1v) is 6.96. The fraction of sp³-hybridized carbons (Fsp3) is 0.333. The molecule has 0 aliphatic carbocycles. The first kappa shape index (κ1) is 17.0. The van der Waals surface area contributed by atoms with Crippen LogP contribution in [-0.4, -0.2) is 38.0 Å². The number of carbonyl (C=O) groups is 1. The monoisotopic (exact) mass is 306 g/mol. The number of nitrogens with zero attached hydrogens (tertiary/aromatic N) is 2. The van der Waals surface area contributed by atoms with Crippen LogP contribution < -0.4 is 10.6 Å². The first-order chi connectivity index (χ1) is 10.0. The second kappa shape index (κ2) is 9.01. The molecular formula is C15H19ClN4O. The maximum atomic E-state index is 11.9. The van der Waals surface area contributed by atoms with Gasteiger partial charge in [-0.05, 0) is 51.3 Å². The van der Waals surface area contributed by atoms with Crippen molar-refractivity contribution in [3.05, 3.63) is 41.1 Å². The maximum Gasteiger partial charge on any atom is 0.267 e. The second-order valence-electron chi connectivity index (χ2n) is 4.74. The van der Waals surface area contributed by atoms with Gasteiger partial charge in [-0.2, -0.15) is 5.26 Å². The van der Waals surface area contributed by atoms with Crippen LogP contribution in [-0.2, 0) is 4.79 Å². The van der Waals surface area contributed by atoms with Crippen LogP contribution in [0, 0.1) is 11.3 Å². The second-order valence-corrected chi connectivity index (χ2v) is 5.18. The number of carbonyl (C=O) groups excluding carboxylic acids is 1. The number of anilines is 1. The average Bonchev–Trinajstić information content (AvgIpc) is 2.45. The van der Waals surface area contributed by atoms with E-state index in [-0.39, 0.29) is 5.57 Å². The van der Waals surface area contributed by atoms with Gasteiger partial charge in [-0.3, -0.25) is 4.79 Å². The summed E-state index contributed by atoms with van der Waals surface area (Å²) in [5.41, 5.74) is 0.632. The third kappa shape index (κ3) is 6.80. The fourth-order valence-electron chi connectivity index (χ4n) is 1.55. The molecule has 2 N–H and O–H groups in total. The molecule has 0 atom stereocenters. The quantitative estimate of drug-likeness (QED) is 0.460. The van der Waals surface area contributed by atoms with E-state index in [0.717, 1.165) is 13.0 Å². The minimum absolute atomic E-state index is 0.0369. The van der Waals surface area contributed by atoms with Crippen molar-refractivity contribution < 1.29 is 4.79 Å². The molecule has 0 bridgehead atoms. The molecule has 1 amide bonds. The smallest absolute Gasteiger partial charge is 0.267 e. The summed E-state index contributed by atoms with van der Waals surface area (Å²) in [5, 5.41) is 15.2. The normalized spacial score (nSPS) is 11.1. The number of halogens is 1. The zero-order valence-electron chi connectivity index (χ0n) is 12.2. The predicted molar refractivity (Wildman–Crippen MR) is 85.0 cm³/mol. The van der Waals surface area contributed by atoms with Gasteiger partial charge in [0, 0.05) is 23.5 Å². The van der Waals surface area contributed by atoms with Gasteiger partial charge in [-0.1, -0.05) is 11.6 Å². The molecular weight excluding hydrogens is 288 g/mol. The van der Waals surface area contributed by atoms with Gasteiger partial charge in [0.2, 0.25) is 0 Å². The van der Waals surface area contributed by atoms with Crippen molar-refractivity contribution in [2.24, 2.45) is 0 Å². The summed E-state index contributed by atoms with van der Waals surface area (Å²) in [7, 11) is 3.99. The van der Waals surface area contributed by atoms with Gasteiger partial charge in [0.05, 0.1) is 0 Å². The summed E-state index contributed by atoms with van der Waals surface area (Å²) >= 11 is 5.77. The van der Waals surface area contributed by atoms with Crippen molar-refractivity contribution in [2.45, 2.75) is 6.42 Å². The van der Waals surface area contributed by atoms with Crippen molar-refractivity contribution in [2.75, 3.05) is 32.5 Å². The zero-order chi connectivity index (χ0) is 15.7. The van der Waals surface area contributed by atoms with Crippen LogP contribution in [0.1, 0.15) is 6.42 Å². The van der Waals surface area contributed by atoms with Gasteiger partial charge in [0.15, 0.2) is 0 Å². The van der Waals surface area contributed by atoms with Gasteiger partial charge >= 0.3 is 0 Å². The van der Waals surface area contributed by atoms with Gasteiger partial charge < -0.3 is 15.5 Å². The Labute approximate surface area is 130 Å². The van der Waals surface area contributed by atoms with Crippen LogP contribution in [0.4, 0.5) is 5.69 Å². The van der Waals surface area contributed by atoms with E-state index in [1.54, 1.807) is 24.3 Å². The predicted octanol–water partition coefficient (Wildman–Crippen LogP) is 2.23. The summed E-state index contributed by atoms with van der Waals surface area (Å²) in [6, 6.07) is 8.59. The Hall–Kier alpha value is -2.03. The lowest BCUT2D eigenvalue weighted by atomic mass is 10.2. The molecule has 5 nitrogen and oxygen atoms in total. The van der Waals surface area contributed by atoms with Gasteiger partial charge in [-0.25, -0.2) is 0 Å². The van der Waals surface area contributed by atoms with E-state index in [9.17, 15) is 4.79 Å². The summed E-state index contributed by atoms with van der Waals surface area (Å²) in [6.07, 6.45) is 2.38. The van der Waals surface area contributed by atoms with Crippen LogP contribution in [0.15, 0.2) is 36.0 Å². The van der Waals surface area contributed by atoms with Gasteiger partial charge in [0.1, 0.15) is 11.6 Å². The summed E-state index contributed by atoms with van der Waals surface area (Å²) in [5.74, 6) is -0.445. The van der Waals surface area contributed by atoms with Crippen molar-refractivity contribution >= 4 is 23.2 Å². The summed E-state index contributed by atoms with van der Waals surface area (Å²) in [6.45, 7) is 1.65. The van der Waals surface area contributed by atoms with Crippen LogP contribution >= 0.6 is 11.6 Å². The molecule has 0 aromatic heterocycles. The highest BCUT2D eigenvalue weighted by atomic mass is 35.5. The number of hydrogen-bond donors (Lipinski definition) is 2. The van der Waals surface area contributed by atoms with Gasteiger partial charge in [-0.15, -0.1) is 0 Å². The largest absolute Gasteiger partial charge is 0.390 e. The van der Waals surface area contributed by atoms with E-state index in [1.165, 1.54) is 6.20 Å². The van der Waals surface area contributed by atoms with Crippen LogP contribution in [0.3, 0.4) is 0 Å². The highest BCUT2D eigenvalue weighted by Crippen LogP contribution is 2.13. The molecule has 112 valence electrons. The lowest BCUT2D eigenvalue weighted by Crippen LogP contribution is -2.20. The molecule has 1 aromatic carbocycles. The molecule has 0 saturated carbocycles. The summed E-state index contributed by atoms with van der Waals surface area (Å²) in [4.78, 5) is 14.0. The lowest BCUT2D eigenvalue weighted by molar-refractivity contribution is -0.112. The first-order valence-electron chi connectivity index (χ1n) is 6.58. The third-order valence-corrected chi connectivity index (χ3v) is 2.89. The SMILES string of the molecule is CN(C)CCCN/C=C(/C#N)C(=O)Nc1ccc(Cl)cc1. The molecule has 1 aromatic rings. The molecule has 0 unspecified atom stereocenters. The van der Waals surface area contributed by atoms with Crippen molar-refractivity contribution in [1.29, 1.82) is 5.26 Å². The Balaban J connectivity index is 2.49. The molecule has 0 heterocycles. The standard InChI is InChI=1S/C15H19ClN4O/c1-20(2)9-3-8-18-11-12(10-17)15(21)19-14-6-4-13(16)5-7-14/h4-7,11,18H,3,8-9H2,1-2H3,(H,19,21)/b12-11-. The molecule has 0 fully saturated rings. The number of nitrogens with one attached hydrogen (secondary N) is 2. The lowest BCUT2D eigenvalue weighted by Gasteiger charge is -2.09. The molecule has 1 rings (SSSR count). The zero-order valence-corrected chi connectivity index (χ0v) is 12.9. The molecule has 0 saturated heterocycles. The summed E-state index contributed by atoms with van der Waals surface area (Å²) < 4.78 is 0. The minimum Gasteiger partial charge on any atom is -0.390 e. The van der Waals surface area contributed by atoms with E-state index >= 15 is 0 Å². The fourth-order valence-corrected chi connectivity index (χ4v) is 1.68. The Bertz CT molecular complexity index is 532. The minimum atomic E-state index is -0.445. The Morgan fingerprint density at radius 3 is 2.62 bits per heavy atom. The molecule has 0 aliphatic heterocycles. The topological polar surface area (TPSA) is 68.2 Å². The highest BCUT2D eigenvalue weighted by Gasteiger charge is 2.08. The van der Waals surface area contributed by atoms with Crippen LogP contribution in [0.5, 0.6) is 0 Å². The molecule has 0 aliphatic rings. The Morgan fingerprint density at radius 2 is 2.05 bits per heavy atom. The van der Waals surface area contributed by atoms with Crippen molar-refractivity contribution in [3.8, 4) is 6.07 Å². The maximum absolute atomic E-state index is 11.9. The van der Waals surface area contributed by atoms with E-state index in [1.807, 2.05) is 20.2 Å². The van der Waals surface area contributed by atoms with Gasteiger partial charge in [0.25, 0.3) is 5.91 Å². The average molecular weight is 307 g/mol. The molecule has 6 heteroatoms. The molecule has 21 heavy (non-hydrogen) atoms. The Morgan fingerprint density at radius 1 is 1.38 bits per heavy atom. The van der Waals surface area contributed by atoms with Crippen LogP contribution in [0.25, 0.3) is 0 Å². The number of hydrogen-bond acceptors (Lipinski definition) is 4. The molecule has 0 radical (unpaired) electrons. The van der Waals surface area contributed by atoms with E-state index in [0.29, 0.717) is 17.3 Å². The Kier molecular flexibility index (Phi) is 7.30. The number of amides is 1. The number of benzene rings is 1. The molecule has 0 spiro atoms. The van der Waals surface area contributed by atoms with Crippen LogP contribution in [0.2, 0.25) is 5.02 Å². The van der Waals surface area contributed by atoms with Crippen molar-refractivity contribution in [1.82, 2.24) is 10.2 Å². The van der Waals surface area contributed by atoms with E-state index in [4.69, 9.17) is 16.9 Å². The van der Waals surface area contributed by atoms with Crippen molar-refractivity contribution in [3.63, 3.8) is 0 Å². The number of rotatable bonds is 7.